The van der Waals surface area contributed by atoms with E-state index in [1.165, 1.54) is 15.9 Å². The summed E-state index contributed by atoms with van der Waals surface area (Å²) in [6.45, 7) is 7.62. The van der Waals surface area contributed by atoms with Gasteiger partial charge in [0.1, 0.15) is 10.7 Å². The number of hydrogen-bond acceptors (Lipinski definition) is 6. The number of thiophene rings is 1. The number of carbonyl (C=O) groups is 1. The van der Waals surface area contributed by atoms with Gasteiger partial charge in [-0.15, -0.1) is 22.7 Å². The average Bonchev–Trinajstić information content (AvgIpc) is 3.34. The summed E-state index contributed by atoms with van der Waals surface area (Å²) < 4.78 is 7.72. The van der Waals surface area contributed by atoms with E-state index >= 15 is 0 Å². The second-order valence-corrected chi connectivity index (χ2v) is 10.0. The van der Waals surface area contributed by atoms with Gasteiger partial charge in [-0.2, -0.15) is 5.26 Å². The van der Waals surface area contributed by atoms with Gasteiger partial charge in [-0.25, -0.2) is 0 Å². The number of nitrogens with zero attached hydrogens (tertiary/aromatic N) is 3. The van der Waals surface area contributed by atoms with Crippen LogP contribution >= 0.6 is 22.7 Å². The van der Waals surface area contributed by atoms with Crippen molar-refractivity contribution in [2.75, 3.05) is 26.3 Å². The maximum atomic E-state index is 13.6. The molecule has 32 heavy (non-hydrogen) atoms. The summed E-state index contributed by atoms with van der Waals surface area (Å²) in [6.07, 6.45) is 1.84. The molecule has 1 aliphatic heterocycles. The van der Waals surface area contributed by atoms with Crippen molar-refractivity contribution in [2.24, 2.45) is 0 Å². The Kier molecular flexibility index (Phi) is 6.42. The van der Waals surface area contributed by atoms with Gasteiger partial charge in [0.25, 0.3) is 11.5 Å². The van der Waals surface area contributed by atoms with Crippen LogP contribution in [0.15, 0.2) is 35.1 Å². The van der Waals surface area contributed by atoms with Gasteiger partial charge in [0.15, 0.2) is 5.57 Å². The molecular weight excluding hydrogens is 442 g/mol. The van der Waals surface area contributed by atoms with Crippen molar-refractivity contribution in [2.45, 2.75) is 20.8 Å². The number of morpholine rings is 1. The fraction of sp³-hybridized carbons (Fsp3) is 0.292. The number of hydrogen-bond donors (Lipinski definition) is 0. The second-order valence-electron chi connectivity index (χ2n) is 7.69. The van der Waals surface area contributed by atoms with Gasteiger partial charge in [-0.3, -0.25) is 14.2 Å². The van der Waals surface area contributed by atoms with Crippen molar-refractivity contribution in [3.05, 3.63) is 70.8 Å². The van der Waals surface area contributed by atoms with E-state index < -0.39 is 0 Å². The highest BCUT2D eigenvalue weighted by Crippen LogP contribution is 2.16. The zero-order chi connectivity index (χ0) is 22.8. The molecule has 0 radical (unpaired) electrons. The highest BCUT2D eigenvalue weighted by atomic mass is 32.1. The lowest BCUT2D eigenvalue weighted by Crippen LogP contribution is -2.42. The maximum Gasteiger partial charge on any atom is 0.273 e. The Balaban J connectivity index is 2.03. The number of carbonyl (C=O) groups excluding carboxylic acids is 1. The number of aromatic nitrogens is 1. The topological polar surface area (TPSA) is 75.3 Å². The zero-order valence-electron chi connectivity index (χ0n) is 18.2. The van der Waals surface area contributed by atoms with E-state index in [0.717, 1.165) is 20.9 Å². The molecule has 0 aliphatic carbocycles. The number of nitriles is 1. The smallest absolute Gasteiger partial charge is 0.273 e. The predicted molar refractivity (Wildman–Crippen MR) is 128 cm³/mol. The summed E-state index contributed by atoms with van der Waals surface area (Å²) in [7, 11) is 0. The van der Waals surface area contributed by atoms with E-state index in [1.54, 1.807) is 16.2 Å². The van der Waals surface area contributed by atoms with Crippen LogP contribution in [0.1, 0.15) is 20.9 Å². The van der Waals surface area contributed by atoms with Gasteiger partial charge in [0.2, 0.25) is 0 Å². The molecular formula is C24H23N3O3S2. The van der Waals surface area contributed by atoms with Crippen LogP contribution in [0.4, 0.5) is 0 Å². The van der Waals surface area contributed by atoms with Crippen molar-refractivity contribution in [3.63, 3.8) is 0 Å². The first-order valence-electron chi connectivity index (χ1n) is 10.3. The molecule has 4 rings (SSSR count). The minimum atomic E-state index is -0.366. The minimum absolute atomic E-state index is 0.0167. The van der Waals surface area contributed by atoms with E-state index in [-0.39, 0.29) is 17.0 Å². The summed E-state index contributed by atoms with van der Waals surface area (Å²) in [5, 5.41) is 9.99. The van der Waals surface area contributed by atoms with Crippen molar-refractivity contribution < 1.29 is 9.53 Å². The molecule has 0 saturated carbocycles. The van der Waals surface area contributed by atoms with Crippen LogP contribution in [0.5, 0.6) is 0 Å². The van der Waals surface area contributed by atoms with E-state index in [1.807, 2.05) is 57.2 Å². The van der Waals surface area contributed by atoms with Gasteiger partial charge < -0.3 is 9.64 Å². The highest BCUT2D eigenvalue weighted by Gasteiger charge is 2.24. The monoisotopic (exact) mass is 465 g/mol. The Bertz CT molecular complexity index is 1400. The van der Waals surface area contributed by atoms with E-state index in [0.29, 0.717) is 41.2 Å². The van der Waals surface area contributed by atoms with Gasteiger partial charge in [-0.1, -0.05) is 12.1 Å². The third-order valence-electron chi connectivity index (χ3n) is 5.30. The first-order valence-corrected chi connectivity index (χ1v) is 11.9. The van der Waals surface area contributed by atoms with E-state index in [2.05, 4.69) is 6.07 Å². The molecule has 0 N–H and O–H groups in total. The average molecular weight is 466 g/mol. The van der Waals surface area contributed by atoms with Crippen molar-refractivity contribution >= 4 is 40.2 Å². The third kappa shape index (κ3) is 4.32. The van der Waals surface area contributed by atoms with E-state index in [4.69, 9.17) is 4.74 Å². The Hall–Kier alpha value is -2.99. The fourth-order valence-corrected chi connectivity index (χ4v) is 5.58. The Labute approximate surface area is 193 Å². The first kappa shape index (κ1) is 22.2. The SMILES string of the molecule is Cc1ccc(C)c(-n2c(=O)/c(=C/c3ccc(C)s3)s/c2=C(/C#N)C(=O)N2CCOCC2)c1. The van der Waals surface area contributed by atoms with Crippen molar-refractivity contribution in [1.29, 1.82) is 5.26 Å². The second kappa shape index (κ2) is 9.25. The molecule has 1 saturated heterocycles. The lowest BCUT2D eigenvalue weighted by molar-refractivity contribution is -0.128. The maximum absolute atomic E-state index is 13.6. The number of amides is 1. The number of thiazole rings is 1. The van der Waals surface area contributed by atoms with Crippen LogP contribution in [0.25, 0.3) is 17.3 Å². The normalized spacial score (nSPS) is 15.6. The van der Waals surface area contributed by atoms with Crippen LogP contribution in [0.3, 0.4) is 0 Å². The zero-order valence-corrected chi connectivity index (χ0v) is 19.8. The molecule has 8 heteroatoms. The highest BCUT2D eigenvalue weighted by molar-refractivity contribution is 7.13. The Morgan fingerprint density at radius 3 is 2.53 bits per heavy atom. The minimum Gasteiger partial charge on any atom is -0.378 e. The summed E-state index contributed by atoms with van der Waals surface area (Å²) in [5.41, 5.74) is 2.33. The quantitative estimate of drug-likeness (QED) is 0.595. The molecule has 0 atom stereocenters. The van der Waals surface area contributed by atoms with Crippen LogP contribution in [0, 0.1) is 32.1 Å². The molecule has 3 heterocycles. The van der Waals surface area contributed by atoms with Gasteiger partial charge >= 0.3 is 0 Å². The molecule has 1 amide bonds. The Morgan fingerprint density at radius 1 is 1.12 bits per heavy atom. The molecule has 164 valence electrons. The molecule has 1 aliphatic rings. The first-order chi connectivity index (χ1) is 15.4. The molecule has 0 spiro atoms. The summed E-state index contributed by atoms with van der Waals surface area (Å²) in [4.78, 5) is 30.5. The fourth-order valence-electron chi connectivity index (χ4n) is 3.60. The molecule has 1 aromatic carbocycles. The lowest BCUT2D eigenvalue weighted by atomic mass is 10.1. The molecule has 0 bridgehead atoms. The van der Waals surface area contributed by atoms with Crippen molar-refractivity contribution in [1.82, 2.24) is 9.47 Å². The van der Waals surface area contributed by atoms with E-state index in [9.17, 15) is 14.9 Å². The number of benzene rings is 1. The molecule has 0 unspecified atom stereocenters. The predicted octanol–water partition coefficient (Wildman–Crippen LogP) is 2.25. The van der Waals surface area contributed by atoms with Crippen LogP contribution < -0.4 is 14.8 Å². The summed E-state index contributed by atoms with van der Waals surface area (Å²) in [5.74, 6) is -0.366. The van der Waals surface area contributed by atoms with Gasteiger partial charge in [0.05, 0.1) is 23.4 Å². The number of aryl methyl sites for hydroxylation is 3. The van der Waals surface area contributed by atoms with Crippen LogP contribution in [-0.4, -0.2) is 41.7 Å². The van der Waals surface area contributed by atoms with Gasteiger partial charge in [0, 0.05) is 22.8 Å². The summed E-state index contributed by atoms with van der Waals surface area (Å²) in [6, 6.07) is 11.9. The van der Waals surface area contributed by atoms with Crippen LogP contribution in [-0.2, 0) is 9.53 Å². The number of ether oxygens (including phenoxy) is 1. The van der Waals surface area contributed by atoms with Gasteiger partial charge in [-0.05, 0) is 56.2 Å². The Morgan fingerprint density at radius 2 is 1.88 bits per heavy atom. The summed E-state index contributed by atoms with van der Waals surface area (Å²) >= 11 is 2.78. The van der Waals surface area contributed by atoms with Crippen molar-refractivity contribution in [3.8, 4) is 11.8 Å². The lowest BCUT2D eigenvalue weighted by Gasteiger charge is -2.26. The molecule has 3 aromatic rings. The largest absolute Gasteiger partial charge is 0.378 e. The third-order valence-corrected chi connectivity index (χ3v) is 7.34. The molecule has 6 nitrogen and oxygen atoms in total. The molecule has 1 fully saturated rings. The number of rotatable bonds is 3. The van der Waals surface area contributed by atoms with Crippen LogP contribution in [0.2, 0.25) is 0 Å². The standard InChI is InChI=1S/C24H23N3O3S2/c1-15-4-5-16(2)20(12-15)27-23(29)21(13-18-7-6-17(3)31-18)32-24(27)19(14-25)22(28)26-8-10-30-11-9-26/h4-7,12-13H,8-11H2,1-3H3/b21-13-,24-19-. The molecule has 2 aromatic heterocycles.